The molecule has 1 aliphatic rings. The van der Waals surface area contributed by atoms with Crippen molar-refractivity contribution < 1.29 is 20.4 Å². The Morgan fingerprint density at radius 2 is 1.07 bits per heavy atom. The molecule has 14 rings (SSSR count). The fourth-order valence-corrected chi connectivity index (χ4v) is 23.8. The Balaban J connectivity index is 0.00000480. The van der Waals surface area contributed by atoms with E-state index in [9.17, 15) is 0 Å². The summed E-state index contributed by atoms with van der Waals surface area (Å²) in [6.45, 7) is 0. The minimum absolute atomic E-state index is 0. The van der Waals surface area contributed by atoms with E-state index < -0.39 is 16.1 Å². The second kappa shape index (κ2) is 17.0. The molecule has 0 aliphatic carbocycles. The molecule has 0 saturated carbocycles. The molecule has 0 fully saturated rings. The molecule has 0 bridgehead atoms. The molecule has 4 aromatic heterocycles. The number of aromatic nitrogens is 4. The van der Waals surface area contributed by atoms with Crippen molar-refractivity contribution in [3.63, 3.8) is 0 Å². The number of benzene rings is 9. The van der Waals surface area contributed by atoms with Crippen LogP contribution >= 0.6 is 8.58 Å². The molecule has 8 heteroatoms. The first kappa shape index (κ1) is 42.7. The van der Waals surface area contributed by atoms with Crippen LogP contribution in [0.2, 0.25) is 0 Å². The van der Waals surface area contributed by atoms with Crippen molar-refractivity contribution in [1.29, 1.82) is 0 Å². The Morgan fingerprint density at radius 3 is 1.81 bits per heavy atom. The minimum Gasteiger partial charge on any atom is -0.340 e. The molecule has 332 valence electrons. The van der Waals surface area contributed by atoms with Crippen molar-refractivity contribution >= 4 is 126 Å². The fourth-order valence-electron chi connectivity index (χ4n) is 11.7. The zero-order valence-corrected chi connectivity index (χ0v) is 42.3. The van der Waals surface area contributed by atoms with Crippen LogP contribution < -0.4 is 52.1 Å². The molecular weight excluding hydrogens is 994 g/mol. The molecule has 1 unspecified atom stereocenters. The van der Waals surface area contributed by atoms with Crippen molar-refractivity contribution in [2.45, 2.75) is 0 Å². The van der Waals surface area contributed by atoms with Crippen LogP contribution in [0.15, 0.2) is 243 Å². The maximum atomic E-state index is 5.22. The number of nitrogens with zero attached hydrogens (tertiary/aromatic N) is 4. The van der Waals surface area contributed by atoms with E-state index in [1.807, 2.05) is 12.4 Å². The van der Waals surface area contributed by atoms with Gasteiger partial charge in [-0.3, -0.25) is 4.98 Å². The van der Waals surface area contributed by atoms with E-state index in [1.165, 1.54) is 52.5 Å². The van der Waals surface area contributed by atoms with Gasteiger partial charge in [-0.15, -0.1) is 34.8 Å². The van der Waals surface area contributed by atoms with Crippen LogP contribution in [0, 0.1) is 12.1 Å². The third-order valence-electron chi connectivity index (χ3n) is 14.6. The summed E-state index contributed by atoms with van der Waals surface area (Å²) in [7, 11) is -5.48. The maximum Gasteiger partial charge on any atom is 2.00 e. The van der Waals surface area contributed by atoms with Gasteiger partial charge in [0.05, 0.1) is 11.2 Å². The van der Waals surface area contributed by atoms with Crippen LogP contribution in [0.4, 0.5) is 0 Å². The Morgan fingerprint density at radius 1 is 0.443 bits per heavy atom. The number of pyridine rings is 2. The molecular formula is C62H41N4PPdSi2. The van der Waals surface area contributed by atoms with Crippen LogP contribution in [0.25, 0.3) is 54.9 Å². The normalized spacial score (nSPS) is 13.4. The van der Waals surface area contributed by atoms with Crippen molar-refractivity contribution in [3.8, 4) is 5.69 Å². The van der Waals surface area contributed by atoms with E-state index in [0.717, 1.165) is 54.5 Å². The molecule has 0 amide bonds. The molecule has 1 aliphatic heterocycles. The Hall–Kier alpha value is -7.33. The average Bonchev–Trinajstić information content (AvgIpc) is 4.05. The largest absolute Gasteiger partial charge is 2.00 e. The Kier molecular flexibility index (Phi) is 10.4. The Bertz CT molecular complexity index is 4040. The van der Waals surface area contributed by atoms with Gasteiger partial charge in [0.1, 0.15) is 13.7 Å². The number of rotatable bonds is 7. The molecule has 70 heavy (non-hydrogen) atoms. The fraction of sp³-hybridized carbons (Fsp3) is 0. The second-order valence-electron chi connectivity index (χ2n) is 18.0. The summed E-state index contributed by atoms with van der Waals surface area (Å²) < 4.78 is 4.60. The first-order valence-corrected chi connectivity index (χ1v) is 28.5. The molecule has 0 radical (unpaired) electrons. The molecule has 0 saturated heterocycles. The quantitative estimate of drug-likeness (QED) is 0.0548. The topological polar surface area (TPSA) is 35.1 Å². The summed E-state index contributed by atoms with van der Waals surface area (Å²) in [5, 5.41) is 19.0. The third kappa shape index (κ3) is 6.20. The van der Waals surface area contributed by atoms with Gasteiger partial charge in [-0.05, 0) is 77.4 Å². The standard InChI is InChI=1S/C62H41N4PSi2.Pd/c1-5-20-44(21-6-1)68(45-22-7-2-8-23-45,49-34-35-50-51-29-13-14-31-55(51)65-38-37-64-61(65)54(50)40-49)48-28-17-19-43(39-48)66-56-42-60-58(41-53(56)52-30-18-36-63-62(52)66)67-57-32-15-16-33-59(57)69(60,46-24-9-3-10-25-46)47-26-11-4-12-27-47;/h1-38,41-42,67H;/q-2;+2. The van der Waals surface area contributed by atoms with E-state index in [0.29, 0.717) is 8.58 Å². The second-order valence-corrected chi connectivity index (χ2v) is 26.8. The van der Waals surface area contributed by atoms with E-state index in [2.05, 4.69) is 252 Å². The maximum absolute atomic E-state index is 5.22. The van der Waals surface area contributed by atoms with Gasteiger partial charge in [-0.25, -0.2) is 4.98 Å². The summed E-state index contributed by atoms with van der Waals surface area (Å²) in [5.74, 6) is 0. The smallest absolute Gasteiger partial charge is 0.340 e. The van der Waals surface area contributed by atoms with E-state index in [1.54, 1.807) is 0 Å². The van der Waals surface area contributed by atoms with Crippen LogP contribution in [-0.4, -0.2) is 35.1 Å². The summed E-state index contributed by atoms with van der Waals surface area (Å²) in [4.78, 5) is 10.2. The number of para-hydroxylation sites is 1. The van der Waals surface area contributed by atoms with Gasteiger partial charge < -0.3 is 8.97 Å². The molecule has 0 spiro atoms. The van der Waals surface area contributed by atoms with E-state index in [4.69, 9.17) is 9.97 Å². The number of hydrogen-bond acceptors (Lipinski definition) is 2. The van der Waals surface area contributed by atoms with Gasteiger partial charge in [0.15, 0.2) is 8.07 Å². The van der Waals surface area contributed by atoms with Crippen molar-refractivity contribution in [2.24, 2.45) is 0 Å². The summed E-state index contributed by atoms with van der Waals surface area (Å²) in [6, 6.07) is 91.8. The first-order chi connectivity index (χ1) is 34.2. The third-order valence-corrected chi connectivity index (χ3v) is 25.9. The van der Waals surface area contributed by atoms with E-state index in [-0.39, 0.29) is 20.4 Å². The first-order valence-electron chi connectivity index (χ1n) is 23.5. The van der Waals surface area contributed by atoms with Gasteiger partial charge in [-0.1, -0.05) is 183 Å². The average molecular weight is 1040 g/mol. The molecule has 9 aromatic carbocycles. The van der Waals surface area contributed by atoms with Gasteiger partial charge >= 0.3 is 20.4 Å². The monoisotopic (exact) mass is 1030 g/mol. The predicted molar refractivity (Wildman–Crippen MR) is 295 cm³/mol. The van der Waals surface area contributed by atoms with Crippen LogP contribution in [0.1, 0.15) is 0 Å². The number of hydrogen-bond donors (Lipinski definition) is 0. The summed E-state index contributed by atoms with van der Waals surface area (Å²) in [5.41, 5.74) is 5.06. The summed E-state index contributed by atoms with van der Waals surface area (Å²) >= 11 is 0. The van der Waals surface area contributed by atoms with E-state index >= 15 is 0 Å². The SMILES string of the molecule is [Pd+2].[c-]1c(-n2c3cc4c(cc3c3cccnc32)Pc2ccccc2[Si]4(c2ccccc2)c2ccccc2)cccc1[Si](c1[c-]c2c(cc1)c1ccccc1n1ccnc21)(c1ccccc1)c1ccccc1. The molecule has 13 aromatic rings. The molecule has 1 atom stereocenters. The molecule has 5 heterocycles. The van der Waals surface area contributed by atoms with Crippen LogP contribution in [0.5, 0.6) is 0 Å². The number of fused-ring (bicyclic) bond motifs is 11. The predicted octanol–water partition coefficient (Wildman–Crippen LogP) is 7.43. The van der Waals surface area contributed by atoms with Crippen molar-refractivity contribution in [2.75, 3.05) is 0 Å². The van der Waals surface area contributed by atoms with Crippen molar-refractivity contribution in [1.82, 2.24) is 18.9 Å². The zero-order chi connectivity index (χ0) is 45.5. The summed E-state index contributed by atoms with van der Waals surface area (Å²) in [6.07, 6.45) is 5.90. The Labute approximate surface area is 423 Å². The minimum atomic E-state index is -3.18. The van der Waals surface area contributed by atoms with Crippen LogP contribution in [0.3, 0.4) is 0 Å². The van der Waals surface area contributed by atoms with Crippen LogP contribution in [-0.2, 0) is 20.4 Å². The van der Waals surface area contributed by atoms with Gasteiger partial charge in [0, 0.05) is 34.9 Å². The molecule has 4 nitrogen and oxygen atoms in total. The number of imidazole rings is 1. The van der Waals surface area contributed by atoms with Crippen molar-refractivity contribution in [3.05, 3.63) is 255 Å². The zero-order valence-electron chi connectivity index (χ0n) is 37.7. The molecule has 0 N–H and O–H groups in total. The van der Waals surface area contributed by atoms with Gasteiger partial charge in [0.25, 0.3) is 0 Å². The van der Waals surface area contributed by atoms with Gasteiger partial charge in [0.2, 0.25) is 0 Å². The van der Waals surface area contributed by atoms with Gasteiger partial charge in [-0.2, -0.15) is 23.4 Å².